The SMILES string of the molecule is CC1=NN(c2ccc(OC(F)F)cc2)C(=O)C1C(=O)Nc1cccc2[nH]ccc12. The molecule has 1 aromatic heterocycles. The lowest BCUT2D eigenvalue weighted by Gasteiger charge is -2.15. The van der Waals surface area contributed by atoms with Crippen LogP contribution in [-0.4, -0.2) is 29.1 Å². The largest absolute Gasteiger partial charge is 0.435 e. The third kappa shape index (κ3) is 3.54. The maximum Gasteiger partial charge on any atom is 0.387 e. The molecule has 2 N–H and O–H groups in total. The number of amides is 2. The van der Waals surface area contributed by atoms with E-state index in [1.165, 1.54) is 24.3 Å². The minimum Gasteiger partial charge on any atom is -0.435 e. The second kappa shape index (κ2) is 7.34. The molecule has 2 aromatic carbocycles. The summed E-state index contributed by atoms with van der Waals surface area (Å²) in [5, 5.41) is 8.87. The molecule has 0 fully saturated rings. The van der Waals surface area contributed by atoms with Gasteiger partial charge in [0.2, 0.25) is 5.91 Å². The molecule has 148 valence electrons. The third-order valence-corrected chi connectivity index (χ3v) is 4.55. The summed E-state index contributed by atoms with van der Waals surface area (Å²) in [4.78, 5) is 28.7. The lowest BCUT2D eigenvalue weighted by Crippen LogP contribution is -2.36. The van der Waals surface area contributed by atoms with Gasteiger partial charge in [0.05, 0.1) is 17.1 Å². The Labute approximate surface area is 164 Å². The van der Waals surface area contributed by atoms with E-state index in [0.717, 1.165) is 15.9 Å². The summed E-state index contributed by atoms with van der Waals surface area (Å²) in [5.41, 5.74) is 2.13. The molecule has 4 rings (SSSR count). The van der Waals surface area contributed by atoms with Crippen LogP contribution >= 0.6 is 0 Å². The number of benzene rings is 2. The number of rotatable bonds is 5. The first-order chi connectivity index (χ1) is 13.9. The van der Waals surface area contributed by atoms with Gasteiger partial charge in [0.25, 0.3) is 5.91 Å². The Morgan fingerprint density at radius 3 is 2.69 bits per heavy atom. The predicted molar refractivity (Wildman–Crippen MR) is 104 cm³/mol. The number of nitrogens with one attached hydrogen (secondary N) is 2. The molecule has 1 aliphatic heterocycles. The van der Waals surface area contributed by atoms with Crippen molar-refractivity contribution in [2.24, 2.45) is 11.0 Å². The van der Waals surface area contributed by atoms with Gasteiger partial charge in [-0.2, -0.15) is 18.9 Å². The quantitative estimate of drug-likeness (QED) is 0.642. The number of hydrogen-bond donors (Lipinski definition) is 2. The second-order valence-electron chi connectivity index (χ2n) is 6.43. The molecule has 1 aliphatic rings. The van der Waals surface area contributed by atoms with E-state index in [0.29, 0.717) is 17.1 Å². The standard InChI is InChI=1S/C20H16F2N4O3/c1-11-17(18(27)24-16-4-2-3-15-14(16)9-10-23-15)19(28)26(25-11)12-5-7-13(8-6-12)29-20(21)22/h2-10,17,20,23H,1H3,(H,24,27). The fourth-order valence-corrected chi connectivity index (χ4v) is 3.22. The van der Waals surface area contributed by atoms with E-state index in [1.807, 2.05) is 12.1 Å². The topological polar surface area (TPSA) is 86.8 Å². The summed E-state index contributed by atoms with van der Waals surface area (Å²) in [6, 6.07) is 12.7. The molecule has 1 unspecified atom stereocenters. The summed E-state index contributed by atoms with van der Waals surface area (Å²) < 4.78 is 28.8. The Kier molecular flexibility index (Phi) is 4.71. The Morgan fingerprint density at radius 2 is 1.97 bits per heavy atom. The lowest BCUT2D eigenvalue weighted by atomic mass is 10.0. The molecular weight excluding hydrogens is 382 g/mol. The highest BCUT2D eigenvalue weighted by Crippen LogP contribution is 2.28. The van der Waals surface area contributed by atoms with Gasteiger partial charge in [-0.25, -0.2) is 0 Å². The van der Waals surface area contributed by atoms with Crippen LogP contribution in [0.2, 0.25) is 0 Å². The fraction of sp³-hybridized carbons (Fsp3) is 0.150. The van der Waals surface area contributed by atoms with Crippen molar-refractivity contribution in [3.8, 4) is 5.75 Å². The van der Waals surface area contributed by atoms with Gasteiger partial charge in [-0.15, -0.1) is 0 Å². The average molecular weight is 398 g/mol. The number of hydrazone groups is 1. The molecule has 0 aliphatic carbocycles. The molecule has 0 saturated carbocycles. The number of aromatic nitrogens is 1. The van der Waals surface area contributed by atoms with Gasteiger partial charge in [0, 0.05) is 17.1 Å². The van der Waals surface area contributed by atoms with Crippen molar-refractivity contribution in [2.75, 3.05) is 10.3 Å². The zero-order chi connectivity index (χ0) is 20.5. The van der Waals surface area contributed by atoms with E-state index >= 15 is 0 Å². The van der Waals surface area contributed by atoms with Gasteiger partial charge >= 0.3 is 6.61 Å². The zero-order valence-electron chi connectivity index (χ0n) is 15.2. The van der Waals surface area contributed by atoms with Crippen molar-refractivity contribution >= 4 is 39.8 Å². The van der Waals surface area contributed by atoms with Crippen LogP contribution in [-0.2, 0) is 9.59 Å². The highest BCUT2D eigenvalue weighted by Gasteiger charge is 2.39. The Hall–Kier alpha value is -3.75. The van der Waals surface area contributed by atoms with Crippen molar-refractivity contribution < 1.29 is 23.1 Å². The molecular formula is C20H16F2N4O3. The van der Waals surface area contributed by atoms with Crippen LogP contribution in [0.5, 0.6) is 5.75 Å². The van der Waals surface area contributed by atoms with Crippen molar-refractivity contribution in [3.63, 3.8) is 0 Å². The van der Waals surface area contributed by atoms with Gasteiger partial charge in [-0.3, -0.25) is 9.59 Å². The van der Waals surface area contributed by atoms with Crippen molar-refractivity contribution in [1.29, 1.82) is 0 Å². The fourth-order valence-electron chi connectivity index (χ4n) is 3.22. The molecule has 0 saturated heterocycles. The number of carbonyl (C=O) groups is 2. The van der Waals surface area contributed by atoms with Crippen LogP contribution in [0.3, 0.4) is 0 Å². The highest BCUT2D eigenvalue weighted by atomic mass is 19.3. The maximum atomic E-state index is 12.8. The van der Waals surface area contributed by atoms with Crippen LogP contribution in [0.15, 0.2) is 59.8 Å². The van der Waals surface area contributed by atoms with Gasteiger partial charge < -0.3 is 15.0 Å². The van der Waals surface area contributed by atoms with Gasteiger partial charge in [-0.05, 0) is 49.4 Å². The number of fused-ring (bicyclic) bond motifs is 1. The third-order valence-electron chi connectivity index (χ3n) is 4.55. The summed E-state index contributed by atoms with van der Waals surface area (Å²) in [5.74, 6) is -2.14. The van der Waals surface area contributed by atoms with Crippen LogP contribution in [0.1, 0.15) is 6.92 Å². The molecule has 9 heteroatoms. The number of alkyl halides is 2. The molecule has 0 spiro atoms. The predicted octanol–water partition coefficient (Wildman–Crippen LogP) is 3.75. The van der Waals surface area contributed by atoms with E-state index in [4.69, 9.17) is 0 Å². The molecule has 0 radical (unpaired) electrons. The number of H-pyrrole nitrogens is 1. The first-order valence-corrected chi connectivity index (χ1v) is 8.75. The van der Waals surface area contributed by atoms with E-state index in [2.05, 4.69) is 20.1 Å². The normalized spacial score (nSPS) is 16.4. The van der Waals surface area contributed by atoms with Crippen molar-refractivity contribution in [2.45, 2.75) is 13.5 Å². The Morgan fingerprint density at radius 1 is 1.21 bits per heavy atom. The van der Waals surface area contributed by atoms with E-state index in [1.54, 1.807) is 25.3 Å². The first-order valence-electron chi connectivity index (χ1n) is 8.75. The molecule has 2 amide bonds. The number of aromatic amines is 1. The Balaban J connectivity index is 1.52. The van der Waals surface area contributed by atoms with Crippen molar-refractivity contribution in [1.82, 2.24) is 4.98 Å². The minimum absolute atomic E-state index is 0.0370. The number of nitrogens with zero attached hydrogens (tertiary/aromatic N) is 2. The minimum atomic E-state index is -2.94. The van der Waals surface area contributed by atoms with E-state index < -0.39 is 24.3 Å². The van der Waals surface area contributed by atoms with E-state index in [-0.39, 0.29) is 5.75 Å². The van der Waals surface area contributed by atoms with Crippen LogP contribution in [0.25, 0.3) is 10.9 Å². The van der Waals surface area contributed by atoms with Crippen LogP contribution < -0.4 is 15.1 Å². The maximum absolute atomic E-state index is 12.8. The van der Waals surface area contributed by atoms with Crippen LogP contribution in [0, 0.1) is 5.92 Å². The average Bonchev–Trinajstić information content (AvgIpc) is 3.27. The number of hydrogen-bond acceptors (Lipinski definition) is 4. The highest BCUT2D eigenvalue weighted by molar-refractivity contribution is 6.29. The zero-order valence-corrected chi connectivity index (χ0v) is 15.2. The second-order valence-corrected chi connectivity index (χ2v) is 6.43. The summed E-state index contributed by atoms with van der Waals surface area (Å²) >= 11 is 0. The van der Waals surface area contributed by atoms with Gasteiger partial charge in [-0.1, -0.05) is 6.07 Å². The van der Waals surface area contributed by atoms with E-state index in [9.17, 15) is 18.4 Å². The molecule has 7 nitrogen and oxygen atoms in total. The summed E-state index contributed by atoms with van der Waals surface area (Å²) in [7, 11) is 0. The molecule has 29 heavy (non-hydrogen) atoms. The number of anilines is 2. The molecule has 1 atom stereocenters. The van der Waals surface area contributed by atoms with Gasteiger partial charge in [0.1, 0.15) is 5.75 Å². The van der Waals surface area contributed by atoms with Gasteiger partial charge in [0.15, 0.2) is 5.92 Å². The number of halogens is 2. The molecule has 2 heterocycles. The Bertz CT molecular complexity index is 1110. The number of ether oxygens (including phenoxy) is 1. The number of carbonyl (C=O) groups excluding carboxylic acids is 2. The monoisotopic (exact) mass is 398 g/mol. The molecule has 0 bridgehead atoms. The van der Waals surface area contributed by atoms with Crippen LogP contribution in [0.4, 0.5) is 20.2 Å². The molecule has 3 aromatic rings. The summed E-state index contributed by atoms with van der Waals surface area (Å²) in [6.07, 6.45) is 1.76. The smallest absolute Gasteiger partial charge is 0.387 e. The lowest BCUT2D eigenvalue weighted by molar-refractivity contribution is -0.127. The van der Waals surface area contributed by atoms with Crippen molar-refractivity contribution in [3.05, 3.63) is 54.7 Å². The summed E-state index contributed by atoms with van der Waals surface area (Å²) in [6.45, 7) is -1.35. The first kappa shape index (κ1) is 18.6.